The zero-order valence-corrected chi connectivity index (χ0v) is 25.7. The first-order chi connectivity index (χ1) is 17.7. The van der Waals surface area contributed by atoms with Crippen molar-refractivity contribution in [1.82, 2.24) is 14.5 Å². The topological polar surface area (TPSA) is 113 Å². The van der Waals surface area contributed by atoms with E-state index in [0.717, 1.165) is 0 Å². The van der Waals surface area contributed by atoms with Crippen molar-refractivity contribution in [2.75, 3.05) is 4.90 Å². The minimum absolute atomic E-state index is 0.261. The summed E-state index contributed by atoms with van der Waals surface area (Å²) >= 11 is 9.74. The van der Waals surface area contributed by atoms with Gasteiger partial charge < -0.3 is 14.2 Å². The molecule has 3 aromatic rings. The van der Waals surface area contributed by atoms with Gasteiger partial charge in [0.2, 0.25) is 5.95 Å². The van der Waals surface area contributed by atoms with E-state index in [1.165, 1.54) is 10.8 Å². The van der Waals surface area contributed by atoms with Gasteiger partial charge in [-0.25, -0.2) is 28.9 Å². The minimum Gasteiger partial charge on any atom is -0.443 e. The third-order valence-corrected chi connectivity index (χ3v) is 5.32. The molecule has 0 unspecified atom stereocenters. The summed E-state index contributed by atoms with van der Waals surface area (Å²) in [5.41, 5.74) is -0.954. The molecule has 2 heterocycles. The number of benzene rings is 1. The quantitative estimate of drug-likeness (QED) is 0.264. The number of fused-ring (bicyclic) bond motifs is 1. The first kappa shape index (κ1) is 30.4. The lowest BCUT2D eigenvalue weighted by Gasteiger charge is -2.27. The molecular formula is C27H32BrClN4O6. The van der Waals surface area contributed by atoms with Crippen molar-refractivity contribution in [2.24, 2.45) is 0 Å². The van der Waals surface area contributed by atoms with E-state index in [1.54, 1.807) is 86.7 Å². The first-order valence-electron chi connectivity index (χ1n) is 12.1. The average molecular weight is 624 g/mol. The van der Waals surface area contributed by atoms with Gasteiger partial charge in [-0.05, 0) is 86.1 Å². The Bertz CT molecular complexity index is 1380. The number of imide groups is 1. The van der Waals surface area contributed by atoms with Gasteiger partial charge in [-0.3, -0.25) is 0 Å². The molecule has 3 rings (SSSR count). The SMILES string of the molecule is CC(C)(C)OC(=O)N(C(=O)OC(C)(C)C)c1ncc2c(n1)c(-c1cc(Cl)cc(Br)c1)cn2C(=O)OC(C)(C)C. The lowest BCUT2D eigenvalue weighted by molar-refractivity contribution is 0.0425. The Hall–Kier alpha value is -3.18. The summed E-state index contributed by atoms with van der Waals surface area (Å²) < 4.78 is 18.4. The van der Waals surface area contributed by atoms with Crippen LogP contribution in [0.2, 0.25) is 5.02 Å². The largest absolute Gasteiger partial charge is 0.443 e. The molecule has 0 bridgehead atoms. The highest BCUT2D eigenvalue weighted by atomic mass is 79.9. The van der Waals surface area contributed by atoms with Gasteiger partial charge in [0.1, 0.15) is 22.3 Å². The fourth-order valence-electron chi connectivity index (χ4n) is 3.34. The number of hydrogen-bond donors (Lipinski definition) is 0. The van der Waals surface area contributed by atoms with Crippen molar-refractivity contribution in [3.8, 4) is 11.1 Å². The Morgan fingerprint density at radius 1 is 0.872 bits per heavy atom. The molecule has 0 aliphatic heterocycles. The maximum atomic E-state index is 13.2. The monoisotopic (exact) mass is 622 g/mol. The molecule has 0 saturated heterocycles. The van der Waals surface area contributed by atoms with Crippen LogP contribution in [0, 0.1) is 0 Å². The van der Waals surface area contributed by atoms with E-state index in [2.05, 4.69) is 25.9 Å². The van der Waals surface area contributed by atoms with Gasteiger partial charge >= 0.3 is 18.3 Å². The van der Waals surface area contributed by atoms with Crippen molar-refractivity contribution in [2.45, 2.75) is 79.1 Å². The summed E-state index contributed by atoms with van der Waals surface area (Å²) in [6.45, 7) is 15.2. The first-order valence-corrected chi connectivity index (χ1v) is 13.3. The van der Waals surface area contributed by atoms with Gasteiger partial charge in [-0.15, -0.1) is 4.90 Å². The predicted molar refractivity (Wildman–Crippen MR) is 152 cm³/mol. The van der Waals surface area contributed by atoms with Crippen molar-refractivity contribution < 1.29 is 28.6 Å². The van der Waals surface area contributed by atoms with Crippen LogP contribution in [0.5, 0.6) is 0 Å². The van der Waals surface area contributed by atoms with Crippen molar-refractivity contribution >= 4 is 62.8 Å². The summed E-state index contributed by atoms with van der Waals surface area (Å²) in [5, 5.41) is 0.441. The van der Waals surface area contributed by atoms with E-state index >= 15 is 0 Å². The van der Waals surface area contributed by atoms with Crippen molar-refractivity contribution in [3.05, 3.63) is 40.1 Å². The number of nitrogens with zero attached hydrogens (tertiary/aromatic N) is 4. The maximum absolute atomic E-state index is 13.2. The van der Waals surface area contributed by atoms with Crippen molar-refractivity contribution in [3.63, 3.8) is 0 Å². The lowest BCUT2D eigenvalue weighted by Crippen LogP contribution is -2.44. The van der Waals surface area contributed by atoms with Gasteiger partial charge in [-0.1, -0.05) is 27.5 Å². The second kappa shape index (κ2) is 10.8. The highest BCUT2D eigenvalue weighted by molar-refractivity contribution is 9.10. The van der Waals surface area contributed by atoms with Crippen LogP contribution in [-0.2, 0) is 14.2 Å². The molecule has 0 fully saturated rings. The van der Waals surface area contributed by atoms with Crippen LogP contribution in [0.4, 0.5) is 20.3 Å². The summed E-state index contributed by atoms with van der Waals surface area (Å²) in [7, 11) is 0. The average Bonchev–Trinajstić information content (AvgIpc) is 3.08. The number of aromatic nitrogens is 3. The number of amides is 2. The Kier molecular flexibility index (Phi) is 8.38. The number of halogens is 2. The lowest BCUT2D eigenvalue weighted by atomic mass is 10.1. The Labute approximate surface area is 240 Å². The molecule has 210 valence electrons. The van der Waals surface area contributed by atoms with Crippen molar-refractivity contribution in [1.29, 1.82) is 0 Å². The van der Waals surface area contributed by atoms with E-state index in [4.69, 9.17) is 25.8 Å². The van der Waals surface area contributed by atoms with Crippen LogP contribution in [0.15, 0.2) is 35.1 Å². The molecule has 1 aromatic carbocycles. The van der Waals surface area contributed by atoms with Crippen LogP contribution in [0.1, 0.15) is 62.3 Å². The molecule has 2 aromatic heterocycles. The fraction of sp³-hybridized carbons (Fsp3) is 0.444. The van der Waals surface area contributed by atoms with Crippen LogP contribution in [0.25, 0.3) is 22.2 Å². The molecule has 10 nitrogen and oxygen atoms in total. The fourth-order valence-corrected chi connectivity index (χ4v) is 4.20. The molecule has 0 aliphatic rings. The highest BCUT2D eigenvalue weighted by Crippen LogP contribution is 2.34. The highest BCUT2D eigenvalue weighted by Gasteiger charge is 2.35. The summed E-state index contributed by atoms with van der Waals surface area (Å²) in [6.07, 6.45) is 0.171. The van der Waals surface area contributed by atoms with Crippen LogP contribution in [-0.4, -0.2) is 49.6 Å². The number of anilines is 1. The summed E-state index contributed by atoms with van der Waals surface area (Å²) in [5.74, 6) is -0.296. The molecule has 2 amide bonds. The number of ether oxygens (including phenoxy) is 3. The molecule has 0 aliphatic carbocycles. The Balaban J connectivity index is 2.27. The predicted octanol–water partition coefficient (Wildman–Crippen LogP) is 7.97. The van der Waals surface area contributed by atoms with Crippen LogP contribution >= 0.6 is 27.5 Å². The standard InChI is InChI=1S/C27H32BrClN4O6/c1-25(2,3)37-22(34)32-14-18(15-10-16(28)12-17(29)11-15)20-19(32)13-30-21(31-20)33(23(35)38-26(4,5)6)24(36)39-27(7,8)9/h10-14H,1-9H3. The molecule has 0 spiro atoms. The summed E-state index contributed by atoms with van der Waals surface area (Å²) in [6, 6.07) is 5.20. The van der Waals surface area contributed by atoms with Gasteiger partial charge in [-0.2, -0.15) is 0 Å². The summed E-state index contributed by atoms with van der Waals surface area (Å²) in [4.78, 5) is 48.8. The smallest absolute Gasteiger partial charge is 0.427 e. The zero-order valence-electron chi connectivity index (χ0n) is 23.4. The molecule has 0 radical (unpaired) electrons. The maximum Gasteiger partial charge on any atom is 0.427 e. The number of rotatable bonds is 2. The van der Waals surface area contributed by atoms with Crippen LogP contribution in [0.3, 0.4) is 0 Å². The second-order valence-electron chi connectivity index (χ2n) is 11.8. The minimum atomic E-state index is -1.02. The van der Waals surface area contributed by atoms with E-state index in [9.17, 15) is 14.4 Å². The number of hydrogen-bond acceptors (Lipinski definition) is 8. The number of carbonyl (C=O) groups excluding carboxylic acids is 3. The van der Waals surface area contributed by atoms with Crippen LogP contribution < -0.4 is 4.90 Å². The molecule has 0 N–H and O–H groups in total. The second-order valence-corrected chi connectivity index (χ2v) is 13.1. The van der Waals surface area contributed by atoms with E-state index in [1.807, 2.05) is 0 Å². The molecule has 0 atom stereocenters. The molecule has 39 heavy (non-hydrogen) atoms. The van der Waals surface area contributed by atoms with E-state index < -0.39 is 35.1 Å². The van der Waals surface area contributed by atoms with Gasteiger partial charge in [0.25, 0.3) is 0 Å². The van der Waals surface area contributed by atoms with E-state index in [0.29, 0.717) is 25.5 Å². The number of carbonyl (C=O) groups is 3. The third kappa shape index (κ3) is 7.92. The van der Waals surface area contributed by atoms with Gasteiger partial charge in [0, 0.05) is 21.3 Å². The molecule has 0 saturated carbocycles. The zero-order chi connectivity index (χ0) is 29.5. The Morgan fingerprint density at radius 3 is 1.90 bits per heavy atom. The Morgan fingerprint density at radius 2 is 1.41 bits per heavy atom. The van der Waals surface area contributed by atoms with Gasteiger partial charge in [0.05, 0.1) is 11.7 Å². The molecular weight excluding hydrogens is 592 g/mol. The normalized spacial score (nSPS) is 12.3. The molecule has 12 heteroatoms. The van der Waals surface area contributed by atoms with E-state index in [-0.39, 0.29) is 17.0 Å². The third-order valence-electron chi connectivity index (χ3n) is 4.65. The van der Waals surface area contributed by atoms with Gasteiger partial charge in [0.15, 0.2) is 0 Å².